The molecule has 32 heavy (non-hydrogen) atoms. The molecule has 0 aromatic heterocycles. The van der Waals surface area contributed by atoms with Crippen LogP contribution in [0.3, 0.4) is 0 Å². The number of piperidine rings is 1. The summed E-state index contributed by atoms with van der Waals surface area (Å²) in [4.78, 5) is 27.4. The molecule has 1 spiro atoms. The van der Waals surface area contributed by atoms with Crippen LogP contribution in [0.5, 0.6) is 0 Å². The fourth-order valence-corrected chi connectivity index (χ4v) is 5.28. The molecular formula is C23H31N6O2S+. The van der Waals surface area contributed by atoms with Crippen molar-refractivity contribution in [3.05, 3.63) is 35.0 Å². The average Bonchev–Trinajstić information content (AvgIpc) is 3.15. The lowest BCUT2D eigenvalue weighted by Gasteiger charge is -2.41. The number of thiocarbonyl (C=S) groups is 1. The van der Waals surface area contributed by atoms with Crippen LogP contribution in [0.1, 0.15) is 49.9 Å². The van der Waals surface area contributed by atoms with Gasteiger partial charge in [0.2, 0.25) is 11.5 Å². The number of Topliss-reactive ketones (excluding diaryl/α,β-unsaturated/α-hetero) is 1. The van der Waals surface area contributed by atoms with Gasteiger partial charge in [-0.3, -0.25) is 4.79 Å². The van der Waals surface area contributed by atoms with Crippen LogP contribution in [-0.4, -0.2) is 53.8 Å². The van der Waals surface area contributed by atoms with Crippen molar-refractivity contribution < 1.29 is 14.2 Å². The average molecular weight is 456 g/mol. The van der Waals surface area contributed by atoms with Crippen LogP contribution in [0, 0.1) is 5.41 Å². The van der Waals surface area contributed by atoms with Crippen LogP contribution >= 0.6 is 12.2 Å². The van der Waals surface area contributed by atoms with Gasteiger partial charge in [0.25, 0.3) is 0 Å². The van der Waals surface area contributed by atoms with E-state index in [0.717, 1.165) is 37.9 Å². The Labute approximate surface area is 193 Å². The van der Waals surface area contributed by atoms with Gasteiger partial charge in [0.15, 0.2) is 5.11 Å². The number of nitrogens with one attached hydrogen (secondary N) is 3. The van der Waals surface area contributed by atoms with E-state index in [9.17, 15) is 9.59 Å². The zero-order valence-corrected chi connectivity index (χ0v) is 19.6. The van der Waals surface area contributed by atoms with Gasteiger partial charge in [-0.1, -0.05) is 9.69 Å². The predicted molar refractivity (Wildman–Crippen MR) is 130 cm³/mol. The number of anilines is 2. The van der Waals surface area contributed by atoms with E-state index >= 15 is 0 Å². The summed E-state index contributed by atoms with van der Waals surface area (Å²) in [6.07, 6.45) is 4.98. The summed E-state index contributed by atoms with van der Waals surface area (Å²) in [5.74, 6) is -0.205. The maximum absolute atomic E-state index is 13.9. The van der Waals surface area contributed by atoms with Gasteiger partial charge in [0.1, 0.15) is 6.04 Å². The minimum absolute atomic E-state index is 0.0172. The summed E-state index contributed by atoms with van der Waals surface area (Å²) in [6, 6.07) is 4.83. The first-order valence-corrected chi connectivity index (χ1v) is 11.5. The number of carbonyl (C=O) groups excluding carboxylic acids is 2. The molecule has 1 fully saturated rings. The first-order valence-electron chi connectivity index (χ1n) is 11.1. The van der Waals surface area contributed by atoms with Crippen molar-refractivity contribution in [1.29, 1.82) is 0 Å². The van der Waals surface area contributed by atoms with Crippen molar-refractivity contribution in [3.63, 3.8) is 0 Å². The second kappa shape index (κ2) is 8.38. The lowest BCUT2D eigenvalue weighted by Crippen LogP contribution is -2.54. The van der Waals surface area contributed by atoms with Gasteiger partial charge in [-0.25, -0.2) is 4.79 Å². The Bertz CT molecular complexity index is 1040. The largest absolute Gasteiger partial charge is 0.397 e. The Kier molecular flexibility index (Phi) is 5.91. The Morgan fingerprint density at radius 1 is 1.28 bits per heavy atom. The van der Waals surface area contributed by atoms with Gasteiger partial charge >= 0.3 is 5.91 Å². The third-order valence-electron chi connectivity index (χ3n) is 6.90. The fraction of sp³-hybridized carbons (Fsp3) is 0.478. The maximum atomic E-state index is 13.9. The Morgan fingerprint density at radius 2 is 2.00 bits per heavy atom. The van der Waals surface area contributed by atoms with Crippen molar-refractivity contribution in [2.75, 3.05) is 31.2 Å². The van der Waals surface area contributed by atoms with E-state index in [4.69, 9.17) is 23.1 Å². The van der Waals surface area contributed by atoms with Crippen LogP contribution in [0.4, 0.5) is 11.4 Å². The normalized spacial score (nSPS) is 24.1. The van der Waals surface area contributed by atoms with Gasteiger partial charge in [-0.05, 0) is 82.0 Å². The molecule has 0 bridgehead atoms. The molecule has 5 N–H and O–H groups in total. The van der Waals surface area contributed by atoms with E-state index in [1.165, 1.54) is 0 Å². The van der Waals surface area contributed by atoms with Crippen molar-refractivity contribution in [2.24, 2.45) is 10.5 Å². The van der Waals surface area contributed by atoms with Crippen molar-refractivity contribution >= 4 is 46.6 Å². The molecule has 9 heteroatoms. The van der Waals surface area contributed by atoms with Gasteiger partial charge in [0, 0.05) is 19.0 Å². The van der Waals surface area contributed by atoms with Crippen molar-refractivity contribution in [1.82, 2.24) is 10.6 Å². The summed E-state index contributed by atoms with van der Waals surface area (Å²) < 4.78 is -0.330. The second-order valence-corrected chi connectivity index (χ2v) is 9.64. The van der Waals surface area contributed by atoms with Gasteiger partial charge in [-0.2, -0.15) is 0 Å². The number of nitrogens with two attached hydrogens (primary N) is 1. The predicted octanol–water partition coefficient (Wildman–Crippen LogP) is 2.54. The summed E-state index contributed by atoms with van der Waals surface area (Å²) in [7, 11) is 1.71. The molecule has 1 aliphatic carbocycles. The Morgan fingerprint density at radius 3 is 2.62 bits per heavy atom. The molecule has 1 aromatic carbocycles. The zero-order chi connectivity index (χ0) is 23.1. The minimum atomic E-state index is -0.330. The summed E-state index contributed by atoms with van der Waals surface area (Å²) >= 11 is 5.13. The van der Waals surface area contributed by atoms with Crippen LogP contribution in [-0.2, 0) is 4.79 Å². The topological polar surface area (TPSA) is 109 Å². The zero-order valence-electron chi connectivity index (χ0n) is 18.8. The van der Waals surface area contributed by atoms with Crippen molar-refractivity contribution in [3.8, 4) is 0 Å². The quantitative estimate of drug-likeness (QED) is 0.315. The first kappa shape index (κ1) is 22.6. The van der Waals surface area contributed by atoms with Crippen LogP contribution < -0.4 is 21.7 Å². The Hall–Kier alpha value is -2.62. The number of allylic oxidation sites excluding steroid dienone is 2. The molecule has 1 unspecified atom stereocenters. The highest BCUT2D eigenvalue weighted by Crippen LogP contribution is 2.48. The molecule has 1 atom stereocenters. The van der Waals surface area contributed by atoms with E-state index in [1.807, 2.05) is 13.8 Å². The van der Waals surface area contributed by atoms with Crippen LogP contribution in [0.2, 0.25) is 0 Å². The highest BCUT2D eigenvalue weighted by Gasteiger charge is 2.57. The number of quaternary nitrogens is 1. The van der Waals surface area contributed by atoms with E-state index in [-0.39, 0.29) is 27.7 Å². The molecule has 1 saturated heterocycles. The SMILES string of the molecule is CNC(=S)Nc1ccc(C(=O)[N+]2(C(C)C)N=CC3=C2C(=O)CC2(CCNCC2)C3)cc1N. The van der Waals surface area contributed by atoms with E-state index < -0.39 is 0 Å². The molecule has 8 nitrogen and oxygen atoms in total. The molecule has 4 rings (SSSR count). The molecule has 2 aliphatic heterocycles. The molecular weight excluding hydrogens is 424 g/mol. The van der Waals surface area contributed by atoms with Crippen molar-refractivity contribution in [2.45, 2.75) is 45.6 Å². The number of rotatable bonds is 3. The summed E-state index contributed by atoms with van der Waals surface area (Å²) in [5, 5.41) is 14.3. The Balaban J connectivity index is 1.70. The third kappa shape index (κ3) is 3.64. The van der Waals surface area contributed by atoms with E-state index in [0.29, 0.717) is 34.2 Å². The number of hydrogen-bond donors (Lipinski definition) is 4. The number of ketones is 1. The minimum Gasteiger partial charge on any atom is -0.397 e. The van der Waals surface area contributed by atoms with E-state index in [1.54, 1.807) is 31.5 Å². The maximum Gasteiger partial charge on any atom is 0.377 e. The number of amides is 1. The third-order valence-corrected chi connectivity index (χ3v) is 7.21. The highest BCUT2D eigenvalue weighted by molar-refractivity contribution is 7.80. The summed E-state index contributed by atoms with van der Waals surface area (Å²) in [5.41, 5.74) is 9.06. The monoisotopic (exact) mass is 455 g/mol. The van der Waals surface area contributed by atoms with Gasteiger partial charge in [0.05, 0.1) is 23.2 Å². The number of benzene rings is 1. The molecule has 2 heterocycles. The molecule has 0 saturated carbocycles. The van der Waals surface area contributed by atoms with Gasteiger partial charge < -0.3 is 21.7 Å². The molecule has 1 aromatic rings. The molecule has 3 aliphatic rings. The standard InChI is InChI=1S/C23H30N6O2S/c1-14(2)29(21(31)15-4-5-18(17(24)10-15)28-22(32)25-3)20-16(13-27-29)11-23(12-19(20)30)6-8-26-9-7-23/h4-5,10,13-14,26H,6-9,11-12H2,1-3H3,(H3-,24,25,27,28,30,31,32)/p+1. The molecule has 1 amide bonds. The van der Waals surface area contributed by atoms with Crippen LogP contribution in [0.25, 0.3) is 0 Å². The smallest absolute Gasteiger partial charge is 0.377 e. The second-order valence-electron chi connectivity index (χ2n) is 9.24. The highest BCUT2D eigenvalue weighted by atomic mass is 32.1. The number of nitrogen functional groups attached to an aromatic ring is 1. The van der Waals surface area contributed by atoms with Crippen LogP contribution in [0.15, 0.2) is 34.6 Å². The van der Waals surface area contributed by atoms with Gasteiger partial charge in [-0.15, -0.1) is 0 Å². The number of hydrogen-bond acceptors (Lipinski definition) is 6. The molecule has 170 valence electrons. The first-order chi connectivity index (χ1) is 15.2. The van der Waals surface area contributed by atoms with E-state index in [2.05, 4.69) is 16.0 Å². The molecule has 0 radical (unpaired) electrons. The summed E-state index contributed by atoms with van der Waals surface area (Å²) in [6.45, 7) is 5.70. The lowest BCUT2D eigenvalue weighted by atomic mass is 9.67. The number of nitrogens with zero attached hydrogens (tertiary/aromatic N) is 2. The fourth-order valence-electron chi connectivity index (χ4n) is 5.17. The number of carbonyl (C=O) groups is 2. The lowest BCUT2D eigenvalue weighted by molar-refractivity contribution is -0.833.